The second-order valence-corrected chi connectivity index (χ2v) is 5.49. The third-order valence-electron chi connectivity index (χ3n) is 3.08. The minimum absolute atomic E-state index is 0.184. The van der Waals surface area contributed by atoms with Crippen LogP contribution in [0.5, 0.6) is 0 Å². The SMILES string of the molecule is O=C(OCC1CC1)c1sccc1-c1ccccc1. The van der Waals surface area contributed by atoms with Gasteiger partial charge in [0.15, 0.2) is 0 Å². The summed E-state index contributed by atoms with van der Waals surface area (Å²) in [7, 11) is 0. The minimum Gasteiger partial charge on any atom is -0.461 e. The van der Waals surface area contributed by atoms with E-state index in [1.807, 2.05) is 41.8 Å². The first-order valence-corrected chi connectivity index (χ1v) is 7.02. The van der Waals surface area contributed by atoms with E-state index < -0.39 is 0 Å². The molecular formula is C15H14O2S. The van der Waals surface area contributed by atoms with Crippen molar-refractivity contribution in [1.29, 1.82) is 0 Å². The molecule has 0 amide bonds. The predicted octanol–water partition coefficient (Wildman–Crippen LogP) is 3.98. The highest BCUT2D eigenvalue weighted by Crippen LogP contribution is 2.31. The molecule has 0 aliphatic heterocycles. The number of carbonyl (C=O) groups is 1. The van der Waals surface area contributed by atoms with Gasteiger partial charge in [-0.2, -0.15) is 0 Å². The van der Waals surface area contributed by atoms with Gasteiger partial charge < -0.3 is 4.74 Å². The Morgan fingerprint density at radius 3 is 2.72 bits per heavy atom. The molecule has 0 atom stereocenters. The van der Waals surface area contributed by atoms with Crippen molar-refractivity contribution < 1.29 is 9.53 Å². The van der Waals surface area contributed by atoms with Crippen LogP contribution in [-0.2, 0) is 4.74 Å². The summed E-state index contributed by atoms with van der Waals surface area (Å²) in [6.45, 7) is 0.574. The molecule has 1 aromatic heterocycles. The third-order valence-corrected chi connectivity index (χ3v) is 3.98. The van der Waals surface area contributed by atoms with Crippen LogP contribution < -0.4 is 0 Å². The van der Waals surface area contributed by atoms with Crippen LogP contribution in [0.4, 0.5) is 0 Å². The van der Waals surface area contributed by atoms with Crippen molar-refractivity contribution in [1.82, 2.24) is 0 Å². The monoisotopic (exact) mass is 258 g/mol. The quantitative estimate of drug-likeness (QED) is 0.775. The largest absolute Gasteiger partial charge is 0.461 e. The molecular weight excluding hydrogens is 244 g/mol. The maximum Gasteiger partial charge on any atom is 0.348 e. The Labute approximate surface area is 110 Å². The maximum atomic E-state index is 12.0. The summed E-state index contributed by atoms with van der Waals surface area (Å²) in [4.78, 5) is 12.7. The zero-order valence-corrected chi connectivity index (χ0v) is 10.8. The molecule has 0 bridgehead atoms. The molecule has 3 rings (SSSR count). The molecule has 1 heterocycles. The molecule has 1 fully saturated rings. The first-order valence-electron chi connectivity index (χ1n) is 6.14. The van der Waals surface area contributed by atoms with Crippen molar-refractivity contribution in [2.24, 2.45) is 5.92 Å². The van der Waals surface area contributed by atoms with Crippen LogP contribution in [0, 0.1) is 5.92 Å². The van der Waals surface area contributed by atoms with Crippen LogP contribution in [0.3, 0.4) is 0 Å². The van der Waals surface area contributed by atoms with Crippen LogP contribution in [0.15, 0.2) is 41.8 Å². The van der Waals surface area contributed by atoms with Crippen LogP contribution >= 0.6 is 11.3 Å². The van der Waals surface area contributed by atoms with Gasteiger partial charge >= 0.3 is 5.97 Å². The van der Waals surface area contributed by atoms with Gasteiger partial charge in [0.05, 0.1) is 6.61 Å². The third kappa shape index (κ3) is 2.46. The van der Waals surface area contributed by atoms with Gasteiger partial charge in [0.25, 0.3) is 0 Å². The number of hydrogen-bond donors (Lipinski definition) is 0. The summed E-state index contributed by atoms with van der Waals surface area (Å²) in [5.74, 6) is 0.421. The highest BCUT2D eigenvalue weighted by molar-refractivity contribution is 7.12. The Morgan fingerprint density at radius 2 is 2.00 bits per heavy atom. The first-order chi connectivity index (χ1) is 8.84. The van der Waals surface area contributed by atoms with E-state index in [0.29, 0.717) is 17.4 Å². The molecule has 0 radical (unpaired) electrons. The van der Waals surface area contributed by atoms with E-state index in [1.54, 1.807) is 0 Å². The normalized spacial score (nSPS) is 14.4. The van der Waals surface area contributed by atoms with Crippen LogP contribution in [0.2, 0.25) is 0 Å². The summed E-state index contributed by atoms with van der Waals surface area (Å²) < 4.78 is 5.34. The Balaban J connectivity index is 1.80. The molecule has 0 spiro atoms. The van der Waals surface area contributed by atoms with Gasteiger partial charge in [0, 0.05) is 5.56 Å². The van der Waals surface area contributed by atoms with Gasteiger partial charge in [0.1, 0.15) is 4.88 Å². The topological polar surface area (TPSA) is 26.3 Å². The smallest absolute Gasteiger partial charge is 0.348 e. The fraction of sp³-hybridized carbons (Fsp3) is 0.267. The lowest BCUT2D eigenvalue weighted by Gasteiger charge is -2.05. The second kappa shape index (κ2) is 4.94. The van der Waals surface area contributed by atoms with Gasteiger partial charge in [-0.15, -0.1) is 11.3 Å². The molecule has 0 unspecified atom stereocenters. The average Bonchev–Trinajstić information content (AvgIpc) is 3.11. The Kier molecular flexibility index (Phi) is 3.15. The highest BCUT2D eigenvalue weighted by Gasteiger charge is 2.24. The predicted molar refractivity (Wildman–Crippen MR) is 72.8 cm³/mol. The van der Waals surface area contributed by atoms with E-state index in [-0.39, 0.29) is 5.97 Å². The number of rotatable bonds is 4. The molecule has 1 aromatic carbocycles. The molecule has 2 nitrogen and oxygen atoms in total. The number of benzene rings is 1. The summed E-state index contributed by atoms with van der Waals surface area (Å²) in [6, 6.07) is 11.9. The van der Waals surface area contributed by atoms with E-state index in [0.717, 1.165) is 11.1 Å². The zero-order chi connectivity index (χ0) is 12.4. The van der Waals surface area contributed by atoms with Crippen LogP contribution in [0.1, 0.15) is 22.5 Å². The summed E-state index contributed by atoms with van der Waals surface area (Å²) in [5, 5.41) is 1.94. The van der Waals surface area contributed by atoms with Crippen molar-refractivity contribution >= 4 is 17.3 Å². The molecule has 2 aromatic rings. The van der Waals surface area contributed by atoms with Gasteiger partial charge in [-0.05, 0) is 35.8 Å². The molecule has 0 saturated heterocycles. The average molecular weight is 258 g/mol. The lowest BCUT2D eigenvalue weighted by molar-refractivity contribution is 0.0493. The molecule has 1 saturated carbocycles. The molecule has 92 valence electrons. The maximum absolute atomic E-state index is 12.0. The summed E-state index contributed by atoms with van der Waals surface area (Å²) in [6.07, 6.45) is 2.40. The standard InChI is InChI=1S/C15H14O2S/c16-15(17-10-11-6-7-11)14-13(8-9-18-14)12-4-2-1-3-5-12/h1-5,8-9,11H,6-7,10H2. The van der Waals surface area contributed by atoms with Crippen molar-refractivity contribution in [3.63, 3.8) is 0 Å². The van der Waals surface area contributed by atoms with Crippen molar-refractivity contribution in [3.8, 4) is 11.1 Å². The van der Waals surface area contributed by atoms with E-state index in [9.17, 15) is 4.79 Å². The second-order valence-electron chi connectivity index (χ2n) is 4.57. The van der Waals surface area contributed by atoms with E-state index in [1.165, 1.54) is 24.2 Å². The van der Waals surface area contributed by atoms with E-state index >= 15 is 0 Å². The van der Waals surface area contributed by atoms with E-state index in [2.05, 4.69) is 0 Å². The number of hydrogen-bond acceptors (Lipinski definition) is 3. The Hall–Kier alpha value is -1.61. The number of ether oxygens (including phenoxy) is 1. The number of esters is 1. The molecule has 1 aliphatic carbocycles. The fourth-order valence-electron chi connectivity index (χ4n) is 1.86. The molecule has 1 aliphatic rings. The lowest BCUT2D eigenvalue weighted by atomic mass is 10.1. The molecule has 0 N–H and O–H groups in total. The number of carbonyl (C=O) groups excluding carboxylic acids is 1. The van der Waals surface area contributed by atoms with Crippen molar-refractivity contribution in [2.45, 2.75) is 12.8 Å². The van der Waals surface area contributed by atoms with Crippen LogP contribution in [-0.4, -0.2) is 12.6 Å². The summed E-state index contributed by atoms with van der Waals surface area (Å²) >= 11 is 1.45. The van der Waals surface area contributed by atoms with Crippen molar-refractivity contribution in [3.05, 3.63) is 46.7 Å². The lowest BCUT2D eigenvalue weighted by Crippen LogP contribution is -2.06. The molecule has 18 heavy (non-hydrogen) atoms. The van der Waals surface area contributed by atoms with Gasteiger partial charge in [-0.25, -0.2) is 4.79 Å². The first kappa shape index (κ1) is 11.5. The summed E-state index contributed by atoms with van der Waals surface area (Å²) in [5.41, 5.74) is 2.04. The Morgan fingerprint density at radius 1 is 1.22 bits per heavy atom. The van der Waals surface area contributed by atoms with Crippen LogP contribution in [0.25, 0.3) is 11.1 Å². The van der Waals surface area contributed by atoms with Gasteiger partial charge in [-0.1, -0.05) is 30.3 Å². The number of thiophene rings is 1. The highest BCUT2D eigenvalue weighted by atomic mass is 32.1. The Bertz CT molecular complexity index is 541. The molecule has 3 heteroatoms. The van der Waals surface area contributed by atoms with Crippen molar-refractivity contribution in [2.75, 3.05) is 6.61 Å². The minimum atomic E-state index is -0.184. The zero-order valence-electron chi connectivity index (χ0n) is 9.96. The van der Waals surface area contributed by atoms with E-state index in [4.69, 9.17) is 4.74 Å². The van der Waals surface area contributed by atoms with Gasteiger partial charge in [0.2, 0.25) is 0 Å². The fourth-order valence-corrected chi connectivity index (χ4v) is 2.66. The van der Waals surface area contributed by atoms with Gasteiger partial charge in [-0.3, -0.25) is 0 Å².